The highest BCUT2D eigenvalue weighted by atomic mass is 16.5. The molecule has 1 aliphatic rings. The average Bonchev–Trinajstić information content (AvgIpc) is 2.59. The number of aliphatic hydroxyl groups excluding tert-OH is 1. The Morgan fingerprint density at radius 2 is 2.47 bits per heavy atom. The number of β-amino-alcohol motifs (C(OH)–C–C–N with tert-alkyl or cyclic N) is 1. The van der Waals surface area contributed by atoms with Crippen molar-refractivity contribution in [1.82, 2.24) is 10.2 Å². The van der Waals surface area contributed by atoms with E-state index in [9.17, 15) is 9.90 Å². The maximum Gasteiger partial charge on any atom is 0.222 e. The van der Waals surface area contributed by atoms with Crippen molar-refractivity contribution in [2.75, 3.05) is 39.9 Å². The number of hydrogen-bond donors (Lipinski definition) is 2. The summed E-state index contributed by atoms with van der Waals surface area (Å²) in [5.41, 5.74) is 0. The van der Waals surface area contributed by atoms with Crippen LogP contribution in [0.5, 0.6) is 0 Å². The van der Waals surface area contributed by atoms with Gasteiger partial charge in [-0.2, -0.15) is 0 Å². The SMILES string of the molecule is COCCNCC(O)CN1CCCC1=O. The topological polar surface area (TPSA) is 61.8 Å². The molecule has 0 aliphatic carbocycles. The molecular weight excluding hydrogens is 196 g/mol. The predicted molar refractivity (Wildman–Crippen MR) is 56.6 cm³/mol. The summed E-state index contributed by atoms with van der Waals surface area (Å²) in [5.74, 6) is 0.158. The number of carbonyl (C=O) groups is 1. The van der Waals surface area contributed by atoms with Crippen LogP contribution in [0.4, 0.5) is 0 Å². The zero-order valence-corrected chi connectivity index (χ0v) is 9.24. The largest absolute Gasteiger partial charge is 0.390 e. The molecule has 0 saturated carbocycles. The Morgan fingerprint density at radius 3 is 3.07 bits per heavy atom. The Kier molecular flexibility index (Phi) is 5.60. The van der Waals surface area contributed by atoms with E-state index in [4.69, 9.17) is 4.74 Å². The number of hydrogen-bond acceptors (Lipinski definition) is 4. The van der Waals surface area contributed by atoms with E-state index in [-0.39, 0.29) is 5.91 Å². The minimum absolute atomic E-state index is 0.158. The maximum atomic E-state index is 11.3. The van der Waals surface area contributed by atoms with Crippen molar-refractivity contribution in [2.45, 2.75) is 18.9 Å². The lowest BCUT2D eigenvalue weighted by Gasteiger charge is -2.20. The first-order valence-corrected chi connectivity index (χ1v) is 5.39. The number of nitrogens with zero attached hydrogens (tertiary/aromatic N) is 1. The second-order valence-electron chi connectivity index (χ2n) is 3.79. The molecule has 15 heavy (non-hydrogen) atoms. The van der Waals surface area contributed by atoms with E-state index in [0.717, 1.165) is 19.5 Å². The highest BCUT2D eigenvalue weighted by molar-refractivity contribution is 5.78. The molecule has 5 heteroatoms. The summed E-state index contributed by atoms with van der Waals surface area (Å²) in [6.45, 7) is 3.09. The van der Waals surface area contributed by atoms with Crippen molar-refractivity contribution >= 4 is 5.91 Å². The third kappa shape index (κ3) is 4.59. The minimum Gasteiger partial charge on any atom is -0.390 e. The van der Waals surface area contributed by atoms with Crippen LogP contribution < -0.4 is 5.32 Å². The van der Waals surface area contributed by atoms with Gasteiger partial charge in [0.05, 0.1) is 12.7 Å². The van der Waals surface area contributed by atoms with Gasteiger partial charge >= 0.3 is 0 Å². The van der Waals surface area contributed by atoms with E-state index < -0.39 is 6.10 Å². The van der Waals surface area contributed by atoms with E-state index in [0.29, 0.717) is 26.1 Å². The Bertz CT molecular complexity index is 199. The molecule has 0 aromatic rings. The van der Waals surface area contributed by atoms with E-state index in [1.807, 2.05) is 0 Å². The van der Waals surface area contributed by atoms with Gasteiger partial charge in [0.25, 0.3) is 0 Å². The molecular formula is C10H20N2O3. The summed E-state index contributed by atoms with van der Waals surface area (Å²) in [6, 6.07) is 0. The van der Waals surface area contributed by atoms with Crippen molar-refractivity contribution in [3.05, 3.63) is 0 Å². The highest BCUT2D eigenvalue weighted by Gasteiger charge is 2.22. The van der Waals surface area contributed by atoms with Gasteiger partial charge in [-0.15, -0.1) is 0 Å². The average molecular weight is 216 g/mol. The third-order valence-corrected chi connectivity index (χ3v) is 2.47. The van der Waals surface area contributed by atoms with Crippen LogP contribution in [0.15, 0.2) is 0 Å². The summed E-state index contributed by atoms with van der Waals surface area (Å²) in [5, 5.41) is 12.7. The van der Waals surface area contributed by atoms with Crippen LogP contribution in [0.1, 0.15) is 12.8 Å². The Hall–Kier alpha value is -0.650. The maximum absolute atomic E-state index is 11.3. The number of methoxy groups -OCH3 is 1. The normalized spacial score (nSPS) is 18.5. The molecule has 1 saturated heterocycles. The van der Waals surface area contributed by atoms with Crippen LogP contribution in [0, 0.1) is 0 Å². The molecule has 1 heterocycles. The van der Waals surface area contributed by atoms with Gasteiger partial charge in [-0.3, -0.25) is 4.79 Å². The van der Waals surface area contributed by atoms with Crippen LogP contribution in [-0.4, -0.2) is 61.9 Å². The number of aliphatic hydroxyl groups is 1. The van der Waals surface area contributed by atoms with Gasteiger partial charge in [0.1, 0.15) is 0 Å². The third-order valence-electron chi connectivity index (χ3n) is 2.47. The number of nitrogens with one attached hydrogen (secondary N) is 1. The fourth-order valence-electron chi connectivity index (χ4n) is 1.66. The van der Waals surface area contributed by atoms with Crippen LogP contribution in [0.2, 0.25) is 0 Å². The molecule has 1 aliphatic heterocycles. The van der Waals surface area contributed by atoms with Crippen LogP contribution in [0.25, 0.3) is 0 Å². The van der Waals surface area contributed by atoms with Gasteiger partial charge in [-0.25, -0.2) is 0 Å². The smallest absolute Gasteiger partial charge is 0.222 e. The molecule has 1 amide bonds. The summed E-state index contributed by atoms with van der Waals surface area (Å²) in [6.07, 6.45) is 1.07. The predicted octanol–water partition coefficient (Wildman–Crippen LogP) is -0.794. The van der Waals surface area contributed by atoms with Crippen LogP contribution in [0.3, 0.4) is 0 Å². The molecule has 1 unspecified atom stereocenters. The molecule has 1 fully saturated rings. The standard InChI is InChI=1S/C10H20N2O3/c1-15-6-4-11-7-9(13)8-12-5-2-3-10(12)14/h9,11,13H,2-8H2,1H3. The van der Waals surface area contributed by atoms with Gasteiger partial charge in [0.15, 0.2) is 0 Å². The second-order valence-corrected chi connectivity index (χ2v) is 3.79. The number of ether oxygens (including phenoxy) is 1. The second kappa shape index (κ2) is 6.76. The zero-order chi connectivity index (χ0) is 11.1. The summed E-state index contributed by atoms with van der Waals surface area (Å²) < 4.78 is 4.87. The molecule has 0 radical (unpaired) electrons. The lowest BCUT2D eigenvalue weighted by atomic mass is 10.3. The van der Waals surface area contributed by atoms with Gasteiger partial charge in [-0.1, -0.05) is 0 Å². The van der Waals surface area contributed by atoms with Crippen LogP contribution >= 0.6 is 0 Å². The number of amides is 1. The van der Waals surface area contributed by atoms with Gasteiger partial charge in [-0.05, 0) is 6.42 Å². The minimum atomic E-state index is -0.482. The first-order chi connectivity index (χ1) is 7.24. The van der Waals surface area contributed by atoms with Crippen molar-refractivity contribution in [2.24, 2.45) is 0 Å². The van der Waals surface area contributed by atoms with E-state index in [1.165, 1.54) is 0 Å². The molecule has 0 aromatic carbocycles. The van der Waals surface area contributed by atoms with E-state index >= 15 is 0 Å². The fourth-order valence-corrected chi connectivity index (χ4v) is 1.66. The molecule has 0 aromatic heterocycles. The van der Waals surface area contributed by atoms with Gasteiger partial charge in [0.2, 0.25) is 5.91 Å². The molecule has 1 atom stereocenters. The molecule has 0 bridgehead atoms. The Labute approximate surface area is 90.4 Å². The summed E-state index contributed by atoms with van der Waals surface area (Å²) in [4.78, 5) is 13.0. The van der Waals surface area contributed by atoms with Crippen molar-refractivity contribution in [3.8, 4) is 0 Å². The van der Waals surface area contributed by atoms with Crippen molar-refractivity contribution in [1.29, 1.82) is 0 Å². The lowest BCUT2D eigenvalue weighted by Crippen LogP contribution is -2.39. The number of likely N-dealkylation sites (tertiary alicyclic amines) is 1. The van der Waals surface area contributed by atoms with E-state index in [1.54, 1.807) is 12.0 Å². The number of carbonyl (C=O) groups excluding carboxylic acids is 1. The molecule has 5 nitrogen and oxygen atoms in total. The first kappa shape index (κ1) is 12.4. The van der Waals surface area contributed by atoms with Crippen molar-refractivity contribution < 1.29 is 14.6 Å². The molecule has 0 spiro atoms. The monoisotopic (exact) mass is 216 g/mol. The first-order valence-electron chi connectivity index (χ1n) is 5.39. The quantitative estimate of drug-likeness (QED) is 0.547. The summed E-state index contributed by atoms with van der Waals surface area (Å²) in [7, 11) is 1.64. The van der Waals surface area contributed by atoms with Crippen LogP contribution in [-0.2, 0) is 9.53 Å². The Balaban J connectivity index is 2.07. The van der Waals surface area contributed by atoms with E-state index in [2.05, 4.69) is 5.32 Å². The number of rotatable bonds is 7. The van der Waals surface area contributed by atoms with Crippen molar-refractivity contribution in [3.63, 3.8) is 0 Å². The fraction of sp³-hybridized carbons (Fsp3) is 0.900. The molecule has 88 valence electrons. The highest BCUT2D eigenvalue weighted by Crippen LogP contribution is 2.09. The molecule has 2 N–H and O–H groups in total. The Morgan fingerprint density at radius 1 is 1.67 bits per heavy atom. The lowest BCUT2D eigenvalue weighted by molar-refractivity contribution is -0.128. The zero-order valence-electron chi connectivity index (χ0n) is 9.24. The molecule has 1 rings (SSSR count). The summed E-state index contributed by atoms with van der Waals surface area (Å²) >= 11 is 0. The van der Waals surface area contributed by atoms with Gasteiger partial charge < -0.3 is 20.1 Å². The van der Waals surface area contributed by atoms with Gasteiger partial charge in [0, 0.05) is 39.7 Å².